The van der Waals surface area contributed by atoms with Gasteiger partial charge in [0.1, 0.15) is 11.6 Å². The minimum Gasteiger partial charge on any atom is -0.384 e. The molecule has 1 N–H and O–H groups in total. The van der Waals surface area contributed by atoms with Crippen LogP contribution in [0, 0.1) is 5.92 Å². The third-order valence-corrected chi connectivity index (χ3v) is 4.26. The molecule has 1 heterocycles. The SMILES string of the molecule is CCC1C(=O)NC(CC)(CC)C(=O)N1CC(C)COC. The minimum atomic E-state index is -0.727. The van der Waals surface area contributed by atoms with E-state index < -0.39 is 5.54 Å². The van der Waals surface area contributed by atoms with E-state index in [1.54, 1.807) is 12.0 Å². The highest BCUT2D eigenvalue weighted by Crippen LogP contribution is 2.26. The first kappa shape index (κ1) is 17.0. The summed E-state index contributed by atoms with van der Waals surface area (Å²) >= 11 is 0. The van der Waals surface area contributed by atoms with E-state index in [-0.39, 0.29) is 23.8 Å². The number of ether oxygens (including phenoxy) is 1. The molecule has 2 atom stereocenters. The first-order valence-electron chi connectivity index (χ1n) is 7.57. The quantitative estimate of drug-likeness (QED) is 0.772. The highest BCUT2D eigenvalue weighted by Gasteiger charge is 2.48. The fourth-order valence-corrected chi connectivity index (χ4v) is 2.95. The third-order valence-electron chi connectivity index (χ3n) is 4.26. The topological polar surface area (TPSA) is 58.6 Å². The summed E-state index contributed by atoms with van der Waals surface area (Å²) in [5.74, 6) is 0.243. The predicted molar refractivity (Wildman–Crippen MR) is 78.3 cm³/mol. The van der Waals surface area contributed by atoms with Crippen molar-refractivity contribution >= 4 is 11.8 Å². The summed E-state index contributed by atoms with van der Waals surface area (Å²) in [6, 6.07) is -0.354. The van der Waals surface area contributed by atoms with Crippen LogP contribution in [-0.2, 0) is 14.3 Å². The summed E-state index contributed by atoms with van der Waals surface area (Å²) in [7, 11) is 1.65. The maximum atomic E-state index is 12.8. The number of nitrogens with one attached hydrogen (secondary N) is 1. The summed E-state index contributed by atoms with van der Waals surface area (Å²) in [6.45, 7) is 9.04. The molecule has 0 aromatic heterocycles. The normalized spacial score (nSPS) is 23.6. The van der Waals surface area contributed by atoms with E-state index >= 15 is 0 Å². The monoisotopic (exact) mass is 284 g/mol. The van der Waals surface area contributed by atoms with Crippen LogP contribution in [0.5, 0.6) is 0 Å². The number of nitrogens with zero attached hydrogens (tertiary/aromatic N) is 1. The molecule has 2 unspecified atom stereocenters. The Balaban J connectivity index is 3.00. The van der Waals surface area contributed by atoms with Gasteiger partial charge in [0.05, 0.1) is 6.61 Å². The molecule has 116 valence electrons. The van der Waals surface area contributed by atoms with Gasteiger partial charge in [-0.25, -0.2) is 0 Å². The number of carbonyl (C=O) groups excluding carboxylic acids is 2. The van der Waals surface area contributed by atoms with E-state index in [1.807, 2.05) is 27.7 Å². The molecule has 0 aromatic rings. The van der Waals surface area contributed by atoms with Crippen molar-refractivity contribution in [2.24, 2.45) is 5.92 Å². The van der Waals surface area contributed by atoms with Crippen LogP contribution in [0.15, 0.2) is 0 Å². The van der Waals surface area contributed by atoms with Crippen molar-refractivity contribution in [3.05, 3.63) is 0 Å². The summed E-state index contributed by atoms with van der Waals surface area (Å²) < 4.78 is 5.14. The Morgan fingerprint density at radius 3 is 2.35 bits per heavy atom. The zero-order chi connectivity index (χ0) is 15.3. The highest BCUT2D eigenvalue weighted by atomic mass is 16.5. The van der Waals surface area contributed by atoms with Crippen LogP contribution < -0.4 is 5.32 Å². The van der Waals surface area contributed by atoms with Gasteiger partial charge in [0.25, 0.3) is 0 Å². The molecule has 0 aromatic carbocycles. The first-order chi connectivity index (χ1) is 9.45. The van der Waals surface area contributed by atoms with E-state index in [4.69, 9.17) is 4.74 Å². The smallest absolute Gasteiger partial charge is 0.248 e. The van der Waals surface area contributed by atoms with Crippen molar-refractivity contribution in [2.75, 3.05) is 20.3 Å². The molecular formula is C15H28N2O3. The maximum absolute atomic E-state index is 12.8. The van der Waals surface area contributed by atoms with Crippen LogP contribution in [0.3, 0.4) is 0 Å². The van der Waals surface area contributed by atoms with Crippen LogP contribution in [0.1, 0.15) is 47.0 Å². The summed E-state index contributed by atoms with van der Waals surface area (Å²) in [5.41, 5.74) is -0.727. The van der Waals surface area contributed by atoms with Gasteiger partial charge < -0.3 is 15.0 Å². The molecule has 1 aliphatic rings. The lowest BCUT2D eigenvalue weighted by atomic mass is 9.86. The van der Waals surface area contributed by atoms with Crippen LogP contribution >= 0.6 is 0 Å². The van der Waals surface area contributed by atoms with Crippen molar-refractivity contribution in [1.29, 1.82) is 0 Å². The molecule has 2 amide bonds. The Labute approximate surface area is 122 Å². The first-order valence-corrected chi connectivity index (χ1v) is 7.57. The molecule has 0 aliphatic carbocycles. The second-order valence-corrected chi connectivity index (χ2v) is 5.72. The van der Waals surface area contributed by atoms with Gasteiger partial charge in [0.2, 0.25) is 11.8 Å². The number of rotatable bonds is 7. The summed E-state index contributed by atoms with van der Waals surface area (Å²) in [4.78, 5) is 26.9. The van der Waals surface area contributed by atoms with Crippen molar-refractivity contribution in [3.63, 3.8) is 0 Å². The molecule has 1 aliphatic heterocycles. The molecule has 20 heavy (non-hydrogen) atoms. The Morgan fingerprint density at radius 2 is 1.90 bits per heavy atom. The number of piperazine rings is 1. The number of hydrogen-bond donors (Lipinski definition) is 1. The summed E-state index contributed by atoms with van der Waals surface area (Å²) in [5, 5.41) is 2.95. The standard InChI is InChI=1S/C15H28N2O3/c1-6-12-13(18)16-15(7-2,8-3)14(19)17(12)9-11(4)10-20-5/h11-12H,6-10H2,1-5H3,(H,16,18). The molecular weight excluding hydrogens is 256 g/mol. The average Bonchev–Trinajstić information content (AvgIpc) is 2.43. The third kappa shape index (κ3) is 3.14. The van der Waals surface area contributed by atoms with Crippen molar-refractivity contribution in [3.8, 4) is 0 Å². The number of amides is 2. The Bertz CT molecular complexity index is 353. The lowest BCUT2D eigenvalue weighted by molar-refractivity contribution is -0.156. The molecule has 1 saturated heterocycles. The van der Waals surface area contributed by atoms with Crippen molar-refractivity contribution in [2.45, 2.75) is 58.5 Å². The molecule has 5 nitrogen and oxygen atoms in total. The Kier molecular flexibility index (Phi) is 5.99. The van der Waals surface area contributed by atoms with Gasteiger partial charge in [-0.2, -0.15) is 0 Å². The fourth-order valence-electron chi connectivity index (χ4n) is 2.95. The number of hydrogen-bond acceptors (Lipinski definition) is 3. The highest BCUT2D eigenvalue weighted by molar-refractivity contribution is 5.99. The van der Waals surface area contributed by atoms with Crippen LogP contribution in [-0.4, -0.2) is 48.6 Å². The second kappa shape index (κ2) is 7.07. The number of carbonyl (C=O) groups is 2. The molecule has 0 bridgehead atoms. The Morgan fingerprint density at radius 1 is 1.30 bits per heavy atom. The molecule has 0 spiro atoms. The van der Waals surface area contributed by atoms with Gasteiger partial charge in [-0.3, -0.25) is 9.59 Å². The van der Waals surface area contributed by atoms with Gasteiger partial charge in [-0.05, 0) is 25.2 Å². The summed E-state index contributed by atoms with van der Waals surface area (Å²) in [6.07, 6.45) is 1.89. The second-order valence-electron chi connectivity index (χ2n) is 5.72. The lowest BCUT2D eigenvalue weighted by Crippen LogP contribution is -2.70. The van der Waals surface area contributed by atoms with Gasteiger partial charge in [0, 0.05) is 13.7 Å². The average molecular weight is 284 g/mol. The molecule has 0 radical (unpaired) electrons. The predicted octanol–water partition coefficient (Wildman–Crippen LogP) is 1.56. The molecule has 5 heteroatoms. The minimum absolute atomic E-state index is 0.0274. The maximum Gasteiger partial charge on any atom is 0.248 e. The zero-order valence-electron chi connectivity index (χ0n) is 13.4. The van der Waals surface area contributed by atoms with Crippen LogP contribution in [0.4, 0.5) is 0 Å². The van der Waals surface area contributed by atoms with Crippen LogP contribution in [0.25, 0.3) is 0 Å². The number of methoxy groups -OCH3 is 1. The van der Waals surface area contributed by atoms with E-state index in [1.165, 1.54) is 0 Å². The van der Waals surface area contributed by atoms with E-state index in [0.29, 0.717) is 32.4 Å². The van der Waals surface area contributed by atoms with Crippen molar-refractivity contribution in [1.82, 2.24) is 10.2 Å². The van der Waals surface area contributed by atoms with E-state index in [9.17, 15) is 9.59 Å². The van der Waals surface area contributed by atoms with Gasteiger partial charge in [0.15, 0.2) is 0 Å². The zero-order valence-corrected chi connectivity index (χ0v) is 13.4. The van der Waals surface area contributed by atoms with Crippen molar-refractivity contribution < 1.29 is 14.3 Å². The van der Waals surface area contributed by atoms with E-state index in [2.05, 4.69) is 5.32 Å². The lowest BCUT2D eigenvalue weighted by Gasteiger charge is -2.46. The van der Waals surface area contributed by atoms with Gasteiger partial charge in [-0.15, -0.1) is 0 Å². The van der Waals surface area contributed by atoms with Crippen LogP contribution in [0.2, 0.25) is 0 Å². The van der Waals surface area contributed by atoms with Gasteiger partial charge >= 0.3 is 0 Å². The molecule has 1 fully saturated rings. The van der Waals surface area contributed by atoms with E-state index in [0.717, 1.165) is 0 Å². The largest absolute Gasteiger partial charge is 0.384 e. The van der Waals surface area contributed by atoms with Gasteiger partial charge in [-0.1, -0.05) is 27.7 Å². The Hall–Kier alpha value is -1.10. The fraction of sp³-hybridized carbons (Fsp3) is 0.867. The molecule has 0 saturated carbocycles. The molecule has 1 rings (SSSR count).